The van der Waals surface area contributed by atoms with Crippen LogP contribution in [0, 0.1) is 0 Å². The molecule has 0 unspecified atom stereocenters. The summed E-state index contributed by atoms with van der Waals surface area (Å²) in [7, 11) is 0. The molecule has 0 aliphatic carbocycles. The third-order valence-corrected chi connectivity index (χ3v) is 3.37. The minimum absolute atomic E-state index is 0.148. The predicted octanol–water partition coefficient (Wildman–Crippen LogP) is 2.99. The number of benzene rings is 1. The van der Waals surface area contributed by atoms with Crippen LogP contribution in [0.3, 0.4) is 0 Å². The standard InChI is InChI=1S/C15H10ClNO4/c16-10-1-3-12-9(7-10)5-6-17(14(12)18)8-11-2-4-13(21-11)15(19)20/h1-7H,8H2,(H,19,20). The number of fused-ring (bicyclic) bond motifs is 1. The molecule has 2 heterocycles. The van der Waals surface area contributed by atoms with Crippen LogP contribution in [0.25, 0.3) is 10.8 Å². The first-order valence-corrected chi connectivity index (χ1v) is 6.53. The van der Waals surface area contributed by atoms with Crippen molar-refractivity contribution in [1.82, 2.24) is 4.57 Å². The average Bonchev–Trinajstić information content (AvgIpc) is 2.91. The normalized spacial score (nSPS) is 10.9. The molecule has 0 fully saturated rings. The first-order valence-electron chi connectivity index (χ1n) is 6.15. The summed E-state index contributed by atoms with van der Waals surface area (Å²) in [6, 6.07) is 9.74. The highest BCUT2D eigenvalue weighted by Crippen LogP contribution is 2.16. The van der Waals surface area contributed by atoms with Crippen LogP contribution in [0.5, 0.6) is 0 Å². The molecule has 0 atom stereocenters. The van der Waals surface area contributed by atoms with Crippen molar-refractivity contribution in [3.05, 3.63) is 69.5 Å². The summed E-state index contributed by atoms with van der Waals surface area (Å²) in [5, 5.41) is 10.7. The Balaban J connectivity index is 2.00. The van der Waals surface area contributed by atoms with Gasteiger partial charge in [0.1, 0.15) is 5.76 Å². The molecule has 0 amide bonds. The van der Waals surface area contributed by atoms with Gasteiger partial charge in [-0.15, -0.1) is 0 Å². The van der Waals surface area contributed by atoms with Crippen LogP contribution in [0.4, 0.5) is 0 Å². The molecule has 0 saturated heterocycles. The van der Waals surface area contributed by atoms with Gasteiger partial charge in [-0.05, 0) is 41.8 Å². The molecule has 21 heavy (non-hydrogen) atoms. The predicted molar refractivity (Wildman–Crippen MR) is 78.0 cm³/mol. The fourth-order valence-corrected chi connectivity index (χ4v) is 2.31. The third-order valence-electron chi connectivity index (χ3n) is 3.14. The number of nitrogens with zero attached hydrogens (tertiary/aromatic N) is 1. The molecule has 1 N–H and O–H groups in total. The van der Waals surface area contributed by atoms with E-state index in [0.29, 0.717) is 16.2 Å². The fourth-order valence-electron chi connectivity index (χ4n) is 2.13. The van der Waals surface area contributed by atoms with Gasteiger partial charge in [0.15, 0.2) is 0 Å². The molecule has 0 saturated carbocycles. The van der Waals surface area contributed by atoms with Crippen LogP contribution in [0.1, 0.15) is 16.3 Å². The van der Waals surface area contributed by atoms with Crippen LogP contribution in [0.2, 0.25) is 5.02 Å². The lowest BCUT2D eigenvalue weighted by Crippen LogP contribution is -2.19. The molecule has 2 aromatic heterocycles. The number of carboxylic acid groups (broad SMARTS) is 1. The molecule has 5 nitrogen and oxygen atoms in total. The monoisotopic (exact) mass is 303 g/mol. The summed E-state index contributed by atoms with van der Waals surface area (Å²) >= 11 is 5.89. The van der Waals surface area contributed by atoms with Gasteiger partial charge in [-0.3, -0.25) is 4.79 Å². The van der Waals surface area contributed by atoms with Crippen LogP contribution in [-0.4, -0.2) is 15.6 Å². The van der Waals surface area contributed by atoms with Crippen LogP contribution in [-0.2, 0) is 6.54 Å². The van der Waals surface area contributed by atoms with Crippen molar-refractivity contribution in [2.75, 3.05) is 0 Å². The number of hydrogen-bond donors (Lipinski definition) is 1. The zero-order valence-corrected chi connectivity index (χ0v) is 11.5. The van der Waals surface area contributed by atoms with Gasteiger partial charge in [-0.25, -0.2) is 4.79 Å². The second kappa shape index (κ2) is 5.10. The lowest BCUT2D eigenvalue weighted by Gasteiger charge is -2.05. The molecular weight excluding hydrogens is 294 g/mol. The maximum absolute atomic E-state index is 12.3. The number of carbonyl (C=O) groups is 1. The smallest absolute Gasteiger partial charge is 0.371 e. The van der Waals surface area contributed by atoms with Crippen molar-refractivity contribution < 1.29 is 14.3 Å². The number of halogens is 1. The Labute approximate surface area is 124 Å². The molecule has 0 spiro atoms. The molecule has 0 radical (unpaired) electrons. The fraction of sp³-hybridized carbons (Fsp3) is 0.0667. The van der Waals surface area contributed by atoms with E-state index in [2.05, 4.69) is 0 Å². The van der Waals surface area contributed by atoms with Crippen molar-refractivity contribution >= 4 is 28.3 Å². The SMILES string of the molecule is O=C(O)c1ccc(Cn2ccc3cc(Cl)ccc3c2=O)o1. The number of rotatable bonds is 3. The van der Waals surface area contributed by atoms with Gasteiger partial charge in [0.25, 0.3) is 5.56 Å². The molecule has 3 rings (SSSR count). The quantitative estimate of drug-likeness (QED) is 0.807. The van der Waals surface area contributed by atoms with Gasteiger partial charge in [-0.2, -0.15) is 0 Å². The Morgan fingerprint density at radius 2 is 2.05 bits per heavy atom. The Morgan fingerprint density at radius 3 is 2.76 bits per heavy atom. The second-order valence-corrected chi connectivity index (χ2v) is 4.99. The number of hydrogen-bond acceptors (Lipinski definition) is 3. The summed E-state index contributed by atoms with van der Waals surface area (Å²) in [5.41, 5.74) is -0.183. The number of pyridine rings is 1. The highest BCUT2D eigenvalue weighted by molar-refractivity contribution is 6.31. The summed E-state index contributed by atoms with van der Waals surface area (Å²) in [6.45, 7) is 0.171. The largest absolute Gasteiger partial charge is 0.475 e. The highest BCUT2D eigenvalue weighted by Gasteiger charge is 2.10. The Morgan fingerprint density at radius 1 is 1.24 bits per heavy atom. The van der Waals surface area contributed by atoms with E-state index in [1.165, 1.54) is 10.6 Å². The van der Waals surface area contributed by atoms with Crippen molar-refractivity contribution in [2.24, 2.45) is 0 Å². The van der Waals surface area contributed by atoms with E-state index in [4.69, 9.17) is 21.1 Å². The van der Waals surface area contributed by atoms with E-state index in [1.807, 2.05) is 0 Å². The highest BCUT2D eigenvalue weighted by atomic mass is 35.5. The Hall–Kier alpha value is -2.53. The van der Waals surface area contributed by atoms with Crippen molar-refractivity contribution in [2.45, 2.75) is 6.54 Å². The summed E-state index contributed by atoms with van der Waals surface area (Å²) < 4.78 is 6.61. The van der Waals surface area contributed by atoms with Gasteiger partial charge in [0.05, 0.1) is 6.54 Å². The van der Waals surface area contributed by atoms with E-state index in [-0.39, 0.29) is 17.9 Å². The van der Waals surface area contributed by atoms with Crippen LogP contribution in [0.15, 0.2) is 51.8 Å². The maximum Gasteiger partial charge on any atom is 0.371 e. The minimum Gasteiger partial charge on any atom is -0.475 e. The number of furan rings is 1. The Kier molecular flexibility index (Phi) is 3.27. The molecule has 0 aliphatic heterocycles. The maximum atomic E-state index is 12.3. The second-order valence-electron chi connectivity index (χ2n) is 4.55. The molecule has 0 aliphatic rings. The molecule has 1 aromatic carbocycles. The molecule has 3 aromatic rings. The van der Waals surface area contributed by atoms with Gasteiger partial charge in [0, 0.05) is 16.6 Å². The lowest BCUT2D eigenvalue weighted by molar-refractivity contribution is 0.0660. The first-order chi connectivity index (χ1) is 10.0. The summed E-state index contributed by atoms with van der Waals surface area (Å²) in [4.78, 5) is 23.1. The van der Waals surface area contributed by atoms with Gasteiger partial charge in [-0.1, -0.05) is 11.6 Å². The van der Waals surface area contributed by atoms with E-state index in [1.54, 1.807) is 36.5 Å². The third kappa shape index (κ3) is 2.55. The number of carboxylic acids is 1. The molecule has 6 heteroatoms. The minimum atomic E-state index is -1.14. The molecule has 106 valence electrons. The zero-order valence-electron chi connectivity index (χ0n) is 10.7. The van der Waals surface area contributed by atoms with Crippen molar-refractivity contribution in [3.8, 4) is 0 Å². The number of aromatic nitrogens is 1. The van der Waals surface area contributed by atoms with E-state index >= 15 is 0 Å². The van der Waals surface area contributed by atoms with Crippen molar-refractivity contribution in [1.29, 1.82) is 0 Å². The summed E-state index contributed by atoms with van der Waals surface area (Å²) in [6.07, 6.45) is 1.63. The number of aromatic carboxylic acids is 1. The van der Waals surface area contributed by atoms with Gasteiger partial charge < -0.3 is 14.1 Å². The topological polar surface area (TPSA) is 72.4 Å². The van der Waals surface area contributed by atoms with E-state index in [0.717, 1.165) is 5.39 Å². The van der Waals surface area contributed by atoms with Crippen LogP contribution >= 0.6 is 11.6 Å². The molecular formula is C15H10ClNO4. The first kappa shape index (κ1) is 13.5. The Bertz CT molecular complexity index is 894. The van der Waals surface area contributed by atoms with Crippen LogP contribution < -0.4 is 5.56 Å². The zero-order chi connectivity index (χ0) is 15.0. The lowest BCUT2D eigenvalue weighted by atomic mass is 10.2. The van der Waals surface area contributed by atoms with E-state index in [9.17, 15) is 9.59 Å². The summed E-state index contributed by atoms with van der Waals surface area (Å²) in [5.74, 6) is -0.879. The van der Waals surface area contributed by atoms with E-state index < -0.39 is 5.97 Å². The van der Waals surface area contributed by atoms with Crippen molar-refractivity contribution in [3.63, 3.8) is 0 Å². The van der Waals surface area contributed by atoms with Gasteiger partial charge >= 0.3 is 5.97 Å². The molecule has 0 bridgehead atoms. The average molecular weight is 304 g/mol. The van der Waals surface area contributed by atoms with Gasteiger partial charge in [0.2, 0.25) is 5.76 Å².